The average Bonchev–Trinajstić information content (AvgIpc) is 3.26. The number of aromatic nitrogens is 4. The predicted molar refractivity (Wildman–Crippen MR) is 94.7 cm³/mol. The van der Waals surface area contributed by atoms with Crippen molar-refractivity contribution in [1.82, 2.24) is 25.5 Å². The molecule has 0 aliphatic rings. The van der Waals surface area contributed by atoms with Gasteiger partial charge in [0.2, 0.25) is 0 Å². The number of rotatable bonds is 6. The van der Waals surface area contributed by atoms with Crippen LogP contribution in [0.1, 0.15) is 26.3 Å². The van der Waals surface area contributed by atoms with E-state index in [0.717, 1.165) is 11.3 Å². The van der Waals surface area contributed by atoms with Crippen molar-refractivity contribution in [3.05, 3.63) is 65.5 Å². The largest absolute Gasteiger partial charge is 0.496 e. The van der Waals surface area contributed by atoms with E-state index in [9.17, 15) is 9.59 Å². The van der Waals surface area contributed by atoms with Gasteiger partial charge in [-0.3, -0.25) is 4.79 Å². The SMILES string of the molecule is COC(=O)c1cc(CNC(=O)c2ccc(-n3cnnn3)cc2)ccc1OC. The molecule has 2 aromatic carbocycles. The van der Waals surface area contributed by atoms with E-state index in [1.165, 1.54) is 25.2 Å². The Hall–Kier alpha value is -3.75. The molecule has 1 amide bonds. The Labute approximate surface area is 154 Å². The van der Waals surface area contributed by atoms with Crippen LogP contribution in [0.3, 0.4) is 0 Å². The minimum atomic E-state index is -0.502. The van der Waals surface area contributed by atoms with Gasteiger partial charge in [0, 0.05) is 12.1 Å². The fourth-order valence-electron chi connectivity index (χ4n) is 2.46. The Kier molecular flexibility index (Phi) is 5.41. The van der Waals surface area contributed by atoms with Gasteiger partial charge in [0.05, 0.1) is 19.9 Å². The summed E-state index contributed by atoms with van der Waals surface area (Å²) in [4.78, 5) is 24.2. The molecule has 3 rings (SSSR count). The number of ether oxygens (including phenoxy) is 2. The molecule has 9 heteroatoms. The maximum absolute atomic E-state index is 12.3. The van der Waals surface area contributed by atoms with Crippen LogP contribution in [0.4, 0.5) is 0 Å². The Morgan fingerprint density at radius 2 is 1.89 bits per heavy atom. The second kappa shape index (κ2) is 8.09. The molecule has 0 saturated carbocycles. The molecule has 0 bridgehead atoms. The molecule has 3 aromatic rings. The standard InChI is InChI=1S/C18H17N5O4/c1-26-16-8-3-12(9-15(16)18(25)27-2)10-19-17(24)13-4-6-14(7-5-13)23-11-20-21-22-23/h3-9,11H,10H2,1-2H3,(H,19,24). The Morgan fingerprint density at radius 1 is 1.11 bits per heavy atom. The topological polar surface area (TPSA) is 108 Å². The van der Waals surface area contributed by atoms with E-state index in [2.05, 4.69) is 20.8 Å². The maximum atomic E-state index is 12.3. The maximum Gasteiger partial charge on any atom is 0.341 e. The fraction of sp³-hybridized carbons (Fsp3) is 0.167. The van der Waals surface area contributed by atoms with Crippen molar-refractivity contribution in [2.45, 2.75) is 6.54 Å². The zero-order valence-electron chi connectivity index (χ0n) is 14.7. The molecule has 0 spiro atoms. The number of benzene rings is 2. The number of nitrogens with zero attached hydrogens (tertiary/aromatic N) is 4. The van der Waals surface area contributed by atoms with Gasteiger partial charge in [-0.1, -0.05) is 6.07 Å². The normalized spacial score (nSPS) is 10.3. The number of hydrogen-bond donors (Lipinski definition) is 1. The van der Waals surface area contributed by atoms with Crippen LogP contribution < -0.4 is 10.1 Å². The van der Waals surface area contributed by atoms with Gasteiger partial charge in [-0.25, -0.2) is 9.48 Å². The van der Waals surface area contributed by atoms with Gasteiger partial charge in [0.1, 0.15) is 17.6 Å². The highest BCUT2D eigenvalue weighted by atomic mass is 16.5. The lowest BCUT2D eigenvalue weighted by Crippen LogP contribution is -2.23. The van der Waals surface area contributed by atoms with E-state index in [-0.39, 0.29) is 12.5 Å². The molecule has 0 fully saturated rings. The first-order chi connectivity index (χ1) is 13.1. The number of carbonyl (C=O) groups excluding carboxylic acids is 2. The molecule has 1 aromatic heterocycles. The summed E-state index contributed by atoms with van der Waals surface area (Å²) in [5.74, 6) is -0.331. The molecule has 0 saturated heterocycles. The highest BCUT2D eigenvalue weighted by Crippen LogP contribution is 2.21. The quantitative estimate of drug-likeness (QED) is 0.656. The van der Waals surface area contributed by atoms with Crippen LogP contribution in [0.15, 0.2) is 48.8 Å². The number of hydrogen-bond acceptors (Lipinski definition) is 7. The van der Waals surface area contributed by atoms with Gasteiger partial charge < -0.3 is 14.8 Å². The highest BCUT2D eigenvalue weighted by molar-refractivity contribution is 5.94. The van der Waals surface area contributed by atoms with Crippen LogP contribution in [-0.4, -0.2) is 46.3 Å². The first-order valence-electron chi connectivity index (χ1n) is 7.99. The van der Waals surface area contributed by atoms with Crippen molar-refractivity contribution < 1.29 is 19.1 Å². The summed E-state index contributed by atoms with van der Waals surface area (Å²) in [5, 5.41) is 13.7. The van der Waals surface area contributed by atoms with Gasteiger partial charge in [-0.15, -0.1) is 5.10 Å². The molecule has 0 atom stereocenters. The minimum absolute atomic E-state index is 0.242. The van der Waals surface area contributed by atoms with Crippen molar-refractivity contribution in [3.8, 4) is 11.4 Å². The Balaban J connectivity index is 1.67. The molecular formula is C18H17N5O4. The Bertz CT molecular complexity index is 939. The summed E-state index contributed by atoms with van der Waals surface area (Å²) in [6.07, 6.45) is 1.47. The van der Waals surface area contributed by atoms with Crippen LogP contribution in [0, 0.1) is 0 Å². The number of nitrogens with one attached hydrogen (secondary N) is 1. The van der Waals surface area contributed by atoms with Gasteiger partial charge >= 0.3 is 5.97 Å². The third-order valence-corrected chi connectivity index (χ3v) is 3.87. The molecule has 1 heterocycles. The third kappa shape index (κ3) is 4.09. The van der Waals surface area contributed by atoms with Crippen LogP contribution in [0.25, 0.3) is 5.69 Å². The molecule has 0 aliphatic carbocycles. The van der Waals surface area contributed by atoms with E-state index in [4.69, 9.17) is 9.47 Å². The summed E-state index contributed by atoms with van der Waals surface area (Å²) in [6.45, 7) is 0.252. The van der Waals surface area contributed by atoms with E-state index < -0.39 is 5.97 Å². The van der Waals surface area contributed by atoms with Crippen molar-refractivity contribution >= 4 is 11.9 Å². The van der Waals surface area contributed by atoms with Crippen LogP contribution in [0.5, 0.6) is 5.75 Å². The summed E-state index contributed by atoms with van der Waals surface area (Å²) < 4.78 is 11.4. The summed E-state index contributed by atoms with van der Waals surface area (Å²) in [5.41, 5.74) is 2.29. The third-order valence-electron chi connectivity index (χ3n) is 3.87. The van der Waals surface area contributed by atoms with Crippen molar-refractivity contribution in [2.75, 3.05) is 14.2 Å². The highest BCUT2D eigenvalue weighted by Gasteiger charge is 2.14. The lowest BCUT2D eigenvalue weighted by Gasteiger charge is -2.10. The average molecular weight is 367 g/mol. The zero-order chi connectivity index (χ0) is 19.2. The molecule has 1 N–H and O–H groups in total. The van der Waals surface area contributed by atoms with Gasteiger partial charge in [0.15, 0.2) is 0 Å². The monoisotopic (exact) mass is 367 g/mol. The van der Waals surface area contributed by atoms with Gasteiger partial charge in [-0.2, -0.15) is 0 Å². The van der Waals surface area contributed by atoms with Crippen LogP contribution in [-0.2, 0) is 11.3 Å². The van der Waals surface area contributed by atoms with E-state index in [1.54, 1.807) is 42.5 Å². The number of carbonyl (C=O) groups is 2. The smallest absolute Gasteiger partial charge is 0.341 e. The molecule has 9 nitrogen and oxygen atoms in total. The van der Waals surface area contributed by atoms with Gasteiger partial charge in [0.25, 0.3) is 5.91 Å². The number of tetrazole rings is 1. The van der Waals surface area contributed by atoms with Crippen LogP contribution >= 0.6 is 0 Å². The first kappa shape index (κ1) is 18.1. The van der Waals surface area contributed by atoms with E-state index in [0.29, 0.717) is 16.9 Å². The van der Waals surface area contributed by atoms with Crippen LogP contribution in [0.2, 0.25) is 0 Å². The number of esters is 1. The first-order valence-corrected chi connectivity index (χ1v) is 7.99. The predicted octanol–water partition coefficient (Wildman–Crippen LogP) is 1.39. The molecule has 0 aliphatic heterocycles. The number of methoxy groups -OCH3 is 2. The van der Waals surface area contributed by atoms with E-state index in [1.807, 2.05) is 0 Å². The van der Waals surface area contributed by atoms with Crippen molar-refractivity contribution in [1.29, 1.82) is 0 Å². The Morgan fingerprint density at radius 3 is 2.52 bits per heavy atom. The fourth-order valence-corrected chi connectivity index (χ4v) is 2.46. The summed E-state index contributed by atoms with van der Waals surface area (Å²) in [7, 11) is 2.78. The second-order valence-electron chi connectivity index (χ2n) is 5.51. The molecule has 27 heavy (non-hydrogen) atoms. The summed E-state index contributed by atoms with van der Waals surface area (Å²) >= 11 is 0. The van der Waals surface area contributed by atoms with Crippen molar-refractivity contribution in [2.24, 2.45) is 0 Å². The molecule has 138 valence electrons. The number of amides is 1. The molecule has 0 unspecified atom stereocenters. The van der Waals surface area contributed by atoms with E-state index >= 15 is 0 Å². The molecule has 0 radical (unpaired) electrons. The minimum Gasteiger partial charge on any atom is -0.496 e. The molecular weight excluding hydrogens is 350 g/mol. The van der Waals surface area contributed by atoms with Gasteiger partial charge in [-0.05, 0) is 52.4 Å². The summed E-state index contributed by atoms with van der Waals surface area (Å²) in [6, 6.07) is 11.9. The zero-order valence-corrected chi connectivity index (χ0v) is 14.7. The van der Waals surface area contributed by atoms with Crippen molar-refractivity contribution in [3.63, 3.8) is 0 Å². The second-order valence-corrected chi connectivity index (χ2v) is 5.51. The lowest BCUT2D eigenvalue weighted by molar-refractivity contribution is 0.0597. The lowest BCUT2D eigenvalue weighted by atomic mass is 10.1.